The molecule has 30 heavy (non-hydrogen) atoms. The van der Waals surface area contributed by atoms with Gasteiger partial charge in [-0.05, 0) is 35.7 Å². The number of carbonyl (C=O) groups is 2. The molecule has 0 saturated heterocycles. The minimum Gasteiger partial charge on any atom is -0.479 e. The maximum Gasteiger partial charge on any atom is 0.573 e. The third-order valence-electron chi connectivity index (χ3n) is 4.05. The zero-order valence-corrected chi connectivity index (χ0v) is 15.3. The predicted molar refractivity (Wildman–Crippen MR) is 95.7 cm³/mol. The Morgan fingerprint density at radius 1 is 1.13 bits per heavy atom. The second-order valence-corrected chi connectivity index (χ2v) is 6.30. The highest BCUT2D eigenvalue weighted by molar-refractivity contribution is 5.87. The van der Waals surface area contributed by atoms with Crippen LogP contribution in [0.5, 0.6) is 5.75 Å². The lowest BCUT2D eigenvalue weighted by atomic mass is 10.00. The third kappa shape index (κ3) is 6.42. The van der Waals surface area contributed by atoms with Gasteiger partial charge in [-0.25, -0.2) is 9.18 Å². The number of nitrogens with one attached hydrogen (secondary N) is 1. The number of hydrogen-bond donors (Lipinski definition) is 4. The number of aliphatic carboxylic acids is 1. The molecule has 7 nitrogen and oxygen atoms in total. The molecule has 0 spiro atoms. The number of nitrogens with two attached hydrogens (primary N) is 1. The van der Waals surface area contributed by atoms with Crippen LogP contribution in [0.4, 0.5) is 17.6 Å². The highest BCUT2D eigenvalue weighted by Gasteiger charge is 2.33. The summed E-state index contributed by atoms with van der Waals surface area (Å²) >= 11 is 0. The quantitative estimate of drug-likeness (QED) is 0.475. The number of hydrogen-bond acceptors (Lipinski definition) is 5. The summed E-state index contributed by atoms with van der Waals surface area (Å²) in [5, 5.41) is 21.5. The van der Waals surface area contributed by atoms with E-state index in [-0.39, 0.29) is 17.5 Å². The molecule has 0 unspecified atom stereocenters. The smallest absolute Gasteiger partial charge is 0.479 e. The number of carboxylic acid groups (broad SMARTS) is 1. The van der Waals surface area contributed by atoms with Crippen molar-refractivity contribution < 1.29 is 42.1 Å². The van der Waals surface area contributed by atoms with Gasteiger partial charge in [0.1, 0.15) is 17.7 Å². The molecule has 0 radical (unpaired) electrons. The normalized spacial score (nSPS) is 14.5. The van der Waals surface area contributed by atoms with Crippen molar-refractivity contribution in [1.82, 2.24) is 5.32 Å². The summed E-state index contributed by atoms with van der Waals surface area (Å²) in [7, 11) is 0. The van der Waals surface area contributed by atoms with Gasteiger partial charge in [0.2, 0.25) is 0 Å². The van der Waals surface area contributed by atoms with Gasteiger partial charge in [0.15, 0.2) is 6.04 Å². The number of rotatable bonds is 8. The average molecular weight is 430 g/mol. The first-order chi connectivity index (χ1) is 14.0. The Bertz CT molecular complexity index is 906. The molecule has 162 valence electrons. The fraction of sp³-hybridized carbons (Fsp3) is 0.263. The van der Waals surface area contributed by atoms with Gasteiger partial charge in [-0.3, -0.25) is 4.79 Å². The number of benzene rings is 2. The zero-order valence-electron chi connectivity index (χ0n) is 15.3. The molecule has 0 aromatic heterocycles. The molecule has 0 fully saturated rings. The Labute approximate surface area is 168 Å². The fourth-order valence-corrected chi connectivity index (χ4v) is 2.63. The van der Waals surface area contributed by atoms with Crippen LogP contribution >= 0.6 is 0 Å². The van der Waals surface area contributed by atoms with Crippen LogP contribution in [0.15, 0.2) is 48.5 Å². The largest absolute Gasteiger partial charge is 0.573 e. The number of aliphatic hydroxyl groups is 1. The number of carboxylic acids is 1. The van der Waals surface area contributed by atoms with Gasteiger partial charge in [0, 0.05) is 6.04 Å². The summed E-state index contributed by atoms with van der Waals surface area (Å²) in [6.45, 7) is 0. The van der Waals surface area contributed by atoms with Crippen molar-refractivity contribution in [3.05, 3.63) is 65.5 Å². The molecule has 0 aliphatic rings. The van der Waals surface area contributed by atoms with E-state index in [1.54, 1.807) is 0 Å². The van der Waals surface area contributed by atoms with Crippen molar-refractivity contribution in [1.29, 1.82) is 0 Å². The average Bonchev–Trinajstić information content (AvgIpc) is 2.65. The Morgan fingerprint density at radius 3 is 2.40 bits per heavy atom. The number of amides is 1. The predicted octanol–water partition coefficient (Wildman–Crippen LogP) is 1.90. The van der Waals surface area contributed by atoms with Crippen molar-refractivity contribution in [2.24, 2.45) is 5.73 Å². The fourth-order valence-electron chi connectivity index (χ4n) is 2.63. The van der Waals surface area contributed by atoms with Gasteiger partial charge in [0.05, 0.1) is 0 Å². The van der Waals surface area contributed by atoms with Crippen LogP contribution in [0.2, 0.25) is 0 Å². The van der Waals surface area contributed by atoms with Gasteiger partial charge < -0.3 is 26.0 Å². The minimum atomic E-state index is -4.99. The van der Waals surface area contributed by atoms with E-state index < -0.39 is 48.0 Å². The molecule has 3 atom stereocenters. The first-order valence-electron chi connectivity index (χ1n) is 8.54. The van der Waals surface area contributed by atoms with Crippen LogP contribution < -0.4 is 15.8 Å². The lowest BCUT2D eigenvalue weighted by molar-refractivity contribution is -0.274. The summed E-state index contributed by atoms with van der Waals surface area (Å²) in [6, 6.07) is 6.52. The Balaban J connectivity index is 2.12. The van der Waals surface area contributed by atoms with Gasteiger partial charge in [-0.1, -0.05) is 30.3 Å². The Hall–Kier alpha value is -3.18. The SMILES string of the molecule is N[C@H](Cc1ccccc1F)[C@H](O)C(=O)N[C@@H](C(=O)O)c1cccc(OC(F)(F)F)c1. The van der Waals surface area contributed by atoms with E-state index >= 15 is 0 Å². The van der Waals surface area contributed by atoms with Crippen molar-refractivity contribution in [3.63, 3.8) is 0 Å². The molecular formula is C19H18F4N2O5. The van der Waals surface area contributed by atoms with E-state index in [2.05, 4.69) is 4.74 Å². The maximum atomic E-state index is 13.7. The number of halogens is 4. The summed E-state index contributed by atoms with van der Waals surface area (Å²) in [5.41, 5.74) is 5.65. The first kappa shape index (κ1) is 23.1. The minimum absolute atomic E-state index is 0.142. The van der Waals surface area contributed by atoms with Crippen molar-refractivity contribution in [2.45, 2.75) is 31.0 Å². The van der Waals surface area contributed by atoms with Crippen LogP contribution in [0.25, 0.3) is 0 Å². The molecule has 1 amide bonds. The van der Waals surface area contributed by atoms with Gasteiger partial charge in [-0.2, -0.15) is 0 Å². The van der Waals surface area contributed by atoms with E-state index in [1.807, 2.05) is 5.32 Å². The third-order valence-corrected chi connectivity index (χ3v) is 4.05. The number of carbonyl (C=O) groups excluding carboxylic acids is 1. The summed E-state index contributed by atoms with van der Waals surface area (Å²) in [5.74, 6) is -4.06. The number of aliphatic hydroxyl groups excluding tert-OH is 1. The van der Waals surface area contributed by atoms with Gasteiger partial charge >= 0.3 is 12.3 Å². The van der Waals surface area contributed by atoms with E-state index in [4.69, 9.17) is 5.73 Å². The molecule has 0 saturated carbocycles. The van der Waals surface area contributed by atoms with Crippen LogP contribution in [-0.2, 0) is 16.0 Å². The second-order valence-electron chi connectivity index (χ2n) is 6.30. The zero-order chi connectivity index (χ0) is 22.5. The molecule has 11 heteroatoms. The number of alkyl halides is 3. The molecular weight excluding hydrogens is 412 g/mol. The van der Waals surface area contributed by atoms with E-state index in [9.17, 15) is 37.4 Å². The molecule has 2 aromatic carbocycles. The summed E-state index contributed by atoms with van der Waals surface area (Å²) in [4.78, 5) is 23.8. The van der Waals surface area contributed by atoms with Gasteiger partial charge in [-0.15, -0.1) is 13.2 Å². The van der Waals surface area contributed by atoms with E-state index in [0.717, 1.165) is 24.3 Å². The Kier molecular flexibility index (Phi) is 7.35. The summed E-state index contributed by atoms with van der Waals surface area (Å²) in [6.07, 6.45) is -7.11. The highest BCUT2D eigenvalue weighted by atomic mass is 19.4. The summed E-state index contributed by atoms with van der Waals surface area (Å²) < 4.78 is 54.5. The molecule has 2 rings (SSSR count). The van der Waals surface area contributed by atoms with Crippen molar-refractivity contribution in [3.8, 4) is 5.75 Å². The van der Waals surface area contributed by atoms with Crippen LogP contribution in [0.3, 0.4) is 0 Å². The van der Waals surface area contributed by atoms with Gasteiger partial charge in [0.25, 0.3) is 5.91 Å². The standard InChI is InChI=1S/C19H18F4N2O5/c20-13-7-2-1-4-10(13)9-14(24)16(26)17(27)25-15(18(28)29)11-5-3-6-12(8-11)30-19(21,22)23/h1-8,14-16,26H,9,24H2,(H,25,27)(H,28,29)/t14-,15-,16+/m1/s1. The second kappa shape index (κ2) is 9.55. The lowest BCUT2D eigenvalue weighted by Gasteiger charge is -2.22. The molecule has 0 bridgehead atoms. The lowest BCUT2D eigenvalue weighted by Crippen LogP contribution is -2.49. The number of ether oxygens (including phenoxy) is 1. The van der Waals surface area contributed by atoms with Crippen LogP contribution in [-0.4, -0.2) is 40.6 Å². The van der Waals surface area contributed by atoms with E-state index in [1.165, 1.54) is 24.3 Å². The molecule has 0 heterocycles. The maximum absolute atomic E-state index is 13.7. The topological polar surface area (TPSA) is 122 Å². The molecule has 5 N–H and O–H groups in total. The molecule has 2 aromatic rings. The van der Waals surface area contributed by atoms with Crippen molar-refractivity contribution >= 4 is 11.9 Å². The van der Waals surface area contributed by atoms with Crippen LogP contribution in [0, 0.1) is 5.82 Å². The van der Waals surface area contributed by atoms with E-state index in [0.29, 0.717) is 0 Å². The van der Waals surface area contributed by atoms with Crippen LogP contribution in [0.1, 0.15) is 17.2 Å². The molecule has 0 aliphatic heterocycles. The van der Waals surface area contributed by atoms with Crippen molar-refractivity contribution in [2.75, 3.05) is 0 Å². The molecule has 0 aliphatic carbocycles. The monoisotopic (exact) mass is 430 g/mol. The highest BCUT2D eigenvalue weighted by Crippen LogP contribution is 2.26. The Morgan fingerprint density at radius 2 is 1.80 bits per heavy atom. The first-order valence-corrected chi connectivity index (χ1v) is 8.54.